The highest BCUT2D eigenvalue weighted by Crippen LogP contribution is 2.36. The van der Waals surface area contributed by atoms with Crippen molar-refractivity contribution in [1.29, 1.82) is 0 Å². The van der Waals surface area contributed by atoms with Gasteiger partial charge in [-0.1, -0.05) is 12.1 Å². The van der Waals surface area contributed by atoms with E-state index >= 15 is 0 Å². The van der Waals surface area contributed by atoms with E-state index in [0.29, 0.717) is 18.5 Å². The van der Waals surface area contributed by atoms with Gasteiger partial charge in [-0.05, 0) is 25.0 Å². The summed E-state index contributed by atoms with van der Waals surface area (Å²) in [6.07, 6.45) is 3.86. The molecular weight excluding hydrogens is 336 g/mol. The first-order valence-electron chi connectivity index (χ1n) is 8.44. The lowest BCUT2D eigenvalue weighted by atomic mass is 10.1. The molecule has 0 spiro atoms. The lowest BCUT2D eigenvalue weighted by Gasteiger charge is -2.26. The van der Waals surface area contributed by atoms with Crippen molar-refractivity contribution in [1.82, 2.24) is 14.5 Å². The summed E-state index contributed by atoms with van der Waals surface area (Å²) in [5.74, 6) is 0.813. The molecule has 0 N–H and O–H groups in total. The molecule has 1 unspecified atom stereocenters. The van der Waals surface area contributed by atoms with Crippen LogP contribution in [0.3, 0.4) is 0 Å². The minimum absolute atomic E-state index is 0.00337. The molecule has 0 aliphatic carbocycles. The quantitative estimate of drug-likeness (QED) is 0.703. The van der Waals surface area contributed by atoms with Gasteiger partial charge in [-0.2, -0.15) is 0 Å². The molecule has 4 rings (SSSR count). The molecular formula is C18H20N4O2S. The van der Waals surface area contributed by atoms with Gasteiger partial charge in [-0.3, -0.25) is 9.36 Å². The molecule has 0 radical (unpaired) electrons. The van der Waals surface area contributed by atoms with Gasteiger partial charge in [0.15, 0.2) is 5.13 Å². The molecule has 130 valence electrons. The molecule has 0 saturated carbocycles. The van der Waals surface area contributed by atoms with E-state index in [2.05, 4.69) is 9.88 Å². The number of hydrogen-bond acceptors (Lipinski definition) is 6. The first-order valence-corrected chi connectivity index (χ1v) is 9.32. The second kappa shape index (κ2) is 6.93. The number of methoxy groups -OCH3 is 1. The van der Waals surface area contributed by atoms with Crippen molar-refractivity contribution in [3.8, 4) is 0 Å². The number of anilines is 1. The lowest BCUT2D eigenvalue weighted by molar-refractivity contribution is 0.184. The standard InChI is InChI=1S/C18H20N4O2S/c1-24-11-10-22-16(20-14-6-3-2-5-13(14)17(22)23)15-7-4-9-21(15)18-19-8-12-25-18/h2-3,5-6,8,12,15H,4,7,9-11H2,1H3. The summed E-state index contributed by atoms with van der Waals surface area (Å²) in [5.41, 5.74) is 0.755. The first kappa shape index (κ1) is 16.2. The molecule has 1 atom stereocenters. The molecule has 1 saturated heterocycles. The van der Waals surface area contributed by atoms with Crippen LogP contribution in [0.25, 0.3) is 10.9 Å². The molecule has 7 heteroatoms. The smallest absolute Gasteiger partial charge is 0.261 e. The highest BCUT2D eigenvalue weighted by molar-refractivity contribution is 7.13. The summed E-state index contributed by atoms with van der Waals surface area (Å²) in [5, 5.41) is 3.63. The second-order valence-corrected chi connectivity index (χ2v) is 6.98. The van der Waals surface area contributed by atoms with Gasteiger partial charge in [0.25, 0.3) is 5.56 Å². The number of rotatable bonds is 5. The first-order chi connectivity index (χ1) is 12.3. The summed E-state index contributed by atoms with van der Waals surface area (Å²) in [6, 6.07) is 7.61. The van der Waals surface area contributed by atoms with Gasteiger partial charge in [0.1, 0.15) is 5.82 Å². The Kier molecular flexibility index (Phi) is 4.50. The van der Waals surface area contributed by atoms with E-state index in [1.165, 1.54) is 0 Å². The minimum atomic E-state index is 0.00337. The zero-order chi connectivity index (χ0) is 17.2. The van der Waals surface area contributed by atoms with Crippen LogP contribution in [0.1, 0.15) is 24.7 Å². The van der Waals surface area contributed by atoms with E-state index in [4.69, 9.17) is 9.72 Å². The fourth-order valence-corrected chi connectivity index (χ4v) is 4.18. The Balaban J connectivity index is 1.86. The van der Waals surface area contributed by atoms with E-state index in [0.717, 1.165) is 35.9 Å². The van der Waals surface area contributed by atoms with Crippen LogP contribution in [0.4, 0.5) is 5.13 Å². The van der Waals surface area contributed by atoms with Gasteiger partial charge < -0.3 is 9.64 Å². The third kappa shape index (κ3) is 2.94. The molecule has 1 aromatic carbocycles. The number of para-hydroxylation sites is 1. The molecule has 0 bridgehead atoms. The van der Waals surface area contributed by atoms with Crippen LogP contribution in [-0.4, -0.2) is 34.8 Å². The molecule has 3 heterocycles. The van der Waals surface area contributed by atoms with Crippen LogP contribution in [-0.2, 0) is 11.3 Å². The largest absolute Gasteiger partial charge is 0.383 e. The maximum Gasteiger partial charge on any atom is 0.261 e. The third-order valence-electron chi connectivity index (χ3n) is 4.63. The van der Waals surface area contributed by atoms with Crippen molar-refractivity contribution in [3.63, 3.8) is 0 Å². The number of hydrogen-bond donors (Lipinski definition) is 0. The number of nitrogens with zero attached hydrogens (tertiary/aromatic N) is 4. The Morgan fingerprint density at radius 1 is 1.36 bits per heavy atom. The molecule has 2 aromatic heterocycles. The predicted molar refractivity (Wildman–Crippen MR) is 99.3 cm³/mol. The summed E-state index contributed by atoms with van der Waals surface area (Å²) in [6.45, 7) is 1.92. The number of thiazole rings is 1. The van der Waals surface area contributed by atoms with Crippen molar-refractivity contribution < 1.29 is 4.74 Å². The van der Waals surface area contributed by atoms with Gasteiger partial charge in [0.05, 0.1) is 30.1 Å². The Labute approximate surface area is 149 Å². The fraction of sp³-hybridized carbons (Fsp3) is 0.389. The Morgan fingerprint density at radius 3 is 3.04 bits per heavy atom. The average molecular weight is 356 g/mol. The predicted octanol–water partition coefficient (Wildman–Crippen LogP) is 2.84. The van der Waals surface area contributed by atoms with Crippen LogP contribution in [0.2, 0.25) is 0 Å². The molecule has 6 nitrogen and oxygen atoms in total. The van der Waals surface area contributed by atoms with E-state index < -0.39 is 0 Å². The second-order valence-electron chi connectivity index (χ2n) is 6.10. The highest BCUT2D eigenvalue weighted by atomic mass is 32.1. The highest BCUT2D eigenvalue weighted by Gasteiger charge is 2.31. The maximum absolute atomic E-state index is 13.0. The Morgan fingerprint density at radius 2 is 2.24 bits per heavy atom. The maximum atomic E-state index is 13.0. The summed E-state index contributed by atoms with van der Waals surface area (Å²) in [4.78, 5) is 24.6. The van der Waals surface area contributed by atoms with Gasteiger partial charge in [-0.25, -0.2) is 9.97 Å². The summed E-state index contributed by atoms with van der Waals surface area (Å²) >= 11 is 1.63. The number of ether oxygens (including phenoxy) is 1. The summed E-state index contributed by atoms with van der Waals surface area (Å²) in [7, 11) is 1.65. The normalized spacial score (nSPS) is 17.5. The molecule has 3 aromatic rings. The van der Waals surface area contributed by atoms with E-state index in [-0.39, 0.29) is 11.6 Å². The number of fused-ring (bicyclic) bond motifs is 1. The Hall–Kier alpha value is -2.25. The molecule has 0 amide bonds. The molecule has 1 aliphatic rings. The number of aromatic nitrogens is 3. The zero-order valence-electron chi connectivity index (χ0n) is 14.1. The van der Waals surface area contributed by atoms with E-state index in [1.54, 1.807) is 23.0 Å². The third-order valence-corrected chi connectivity index (χ3v) is 5.43. The molecule has 1 fully saturated rings. The average Bonchev–Trinajstić information content (AvgIpc) is 3.32. The lowest BCUT2D eigenvalue weighted by Crippen LogP contribution is -2.33. The van der Waals surface area contributed by atoms with Crippen LogP contribution in [0.15, 0.2) is 40.6 Å². The van der Waals surface area contributed by atoms with Crippen molar-refractivity contribution in [2.24, 2.45) is 0 Å². The number of benzene rings is 1. The van der Waals surface area contributed by atoms with Crippen LogP contribution >= 0.6 is 11.3 Å². The van der Waals surface area contributed by atoms with E-state index in [9.17, 15) is 4.79 Å². The Bertz CT molecular complexity index is 922. The van der Waals surface area contributed by atoms with Crippen LogP contribution in [0.5, 0.6) is 0 Å². The van der Waals surface area contributed by atoms with Crippen molar-refractivity contribution >= 4 is 27.4 Å². The van der Waals surface area contributed by atoms with Crippen LogP contribution < -0.4 is 10.5 Å². The fourth-order valence-electron chi connectivity index (χ4n) is 3.46. The van der Waals surface area contributed by atoms with Gasteiger partial charge in [0, 0.05) is 25.2 Å². The topological polar surface area (TPSA) is 60.2 Å². The van der Waals surface area contributed by atoms with Crippen molar-refractivity contribution in [2.45, 2.75) is 25.4 Å². The SMILES string of the molecule is COCCn1c(C2CCCN2c2nccs2)nc2ccccc2c1=O. The van der Waals surface area contributed by atoms with Gasteiger partial charge in [-0.15, -0.1) is 11.3 Å². The molecule has 25 heavy (non-hydrogen) atoms. The van der Waals surface area contributed by atoms with Gasteiger partial charge in [0.2, 0.25) is 0 Å². The van der Waals surface area contributed by atoms with Crippen molar-refractivity contribution in [2.75, 3.05) is 25.2 Å². The van der Waals surface area contributed by atoms with Gasteiger partial charge >= 0.3 is 0 Å². The summed E-state index contributed by atoms with van der Waals surface area (Å²) < 4.78 is 7.00. The monoisotopic (exact) mass is 356 g/mol. The molecule has 1 aliphatic heterocycles. The van der Waals surface area contributed by atoms with E-state index in [1.807, 2.05) is 35.8 Å². The van der Waals surface area contributed by atoms with Crippen molar-refractivity contribution in [3.05, 3.63) is 52.0 Å². The van der Waals surface area contributed by atoms with Crippen LogP contribution in [0, 0.1) is 0 Å². The zero-order valence-corrected chi connectivity index (χ0v) is 14.9. The minimum Gasteiger partial charge on any atom is -0.383 e.